The van der Waals surface area contributed by atoms with Gasteiger partial charge in [-0.3, -0.25) is 0 Å². The van der Waals surface area contributed by atoms with Crippen LogP contribution in [0, 0.1) is 0 Å². The molecular formula is C16H12Cl2OS. The lowest BCUT2D eigenvalue weighted by Crippen LogP contribution is -1.95. The van der Waals surface area contributed by atoms with Crippen molar-refractivity contribution in [2.45, 2.75) is 12.5 Å². The Labute approximate surface area is 131 Å². The lowest BCUT2D eigenvalue weighted by Gasteiger charge is -2.08. The van der Waals surface area contributed by atoms with Crippen molar-refractivity contribution in [3.8, 4) is 5.75 Å². The van der Waals surface area contributed by atoms with Gasteiger partial charge >= 0.3 is 0 Å². The van der Waals surface area contributed by atoms with Gasteiger partial charge in [-0.2, -0.15) is 0 Å². The van der Waals surface area contributed by atoms with Crippen molar-refractivity contribution in [2.75, 3.05) is 0 Å². The van der Waals surface area contributed by atoms with Crippen LogP contribution in [0.15, 0.2) is 47.8 Å². The highest BCUT2D eigenvalue weighted by molar-refractivity contribution is 7.17. The molecule has 0 aliphatic heterocycles. The minimum Gasteiger partial charge on any atom is -0.487 e. The number of hydrogen-bond donors (Lipinski definition) is 0. The third kappa shape index (κ3) is 2.78. The summed E-state index contributed by atoms with van der Waals surface area (Å²) in [5.74, 6) is 1.14. The topological polar surface area (TPSA) is 9.23 Å². The first-order chi connectivity index (χ1) is 9.78. The molecule has 1 nitrogen and oxygen atoms in total. The number of hydrogen-bond acceptors (Lipinski definition) is 2. The Morgan fingerprint density at radius 1 is 1.10 bits per heavy atom. The zero-order valence-corrected chi connectivity index (χ0v) is 12.9. The highest BCUT2D eigenvalue weighted by Crippen LogP contribution is 2.30. The molecule has 0 aliphatic rings. The van der Waals surface area contributed by atoms with Gasteiger partial charge in [-0.05, 0) is 34.5 Å². The first-order valence-corrected chi connectivity index (χ1v) is 7.99. The zero-order chi connectivity index (χ0) is 13.9. The van der Waals surface area contributed by atoms with Crippen LogP contribution in [-0.2, 0) is 12.5 Å². The second-order valence-corrected chi connectivity index (χ2v) is 6.03. The third-order valence-corrected chi connectivity index (χ3v) is 4.71. The van der Waals surface area contributed by atoms with E-state index in [1.165, 1.54) is 15.6 Å². The summed E-state index contributed by atoms with van der Waals surface area (Å²) in [5.41, 5.74) is 2.17. The molecule has 0 unspecified atom stereocenters. The van der Waals surface area contributed by atoms with E-state index in [2.05, 4.69) is 17.5 Å². The van der Waals surface area contributed by atoms with Gasteiger partial charge < -0.3 is 4.74 Å². The van der Waals surface area contributed by atoms with Crippen molar-refractivity contribution in [1.82, 2.24) is 0 Å². The van der Waals surface area contributed by atoms with Crippen LogP contribution in [0.4, 0.5) is 0 Å². The first kappa shape index (κ1) is 13.7. The van der Waals surface area contributed by atoms with Gasteiger partial charge in [-0.1, -0.05) is 35.9 Å². The quantitative estimate of drug-likeness (QED) is 0.545. The Kier molecular flexibility index (Phi) is 4.16. The maximum Gasteiger partial charge on any atom is 0.138 e. The maximum atomic E-state index is 6.19. The average Bonchev–Trinajstić information content (AvgIpc) is 2.89. The van der Waals surface area contributed by atoms with Gasteiger partial charge in [0, 0.05) is 16.1 Å². The molecular weight excluding hydrogens is 311 g/mol. The number of benzene rings is 2. The van der Waals surface area contributed by atoms with Crippen LogP contribution in [0.25, 0.3) is 10.1 Å². The van der Waals surface area contributed by atoms with Crippen molar-refractivity contribution >= 4 is 44.6 Å². The molecule has 0 fully saturated rings. The SMILES string of the molecule is ClCc1ccc(OCc2csc3ccccc23)c(Cl)c1. The van der Waals surface area contributed by atoms with Crippen LogP contribution in [0.3, 0.4) is 0 Å². The van der Waals surface area contributed by atoms with Crippen LogP contribution >= 0.6 is 34.5 Å². The van der Waals surface area contributed by atoms with E-state index >= 15 is 0 Å². The molecule has 1 heterocycles. The van der Waals surface area contributed by atoms with Crippen LogP contribution in [-0.4, -0.2) is 0 Å². The van der Waals surface area contributed by atoms with Gasteiger partial charge in [0.25, 0.3) is 0 Å². The highest BCUT2D eigenvalue weighted by Gasteiger charge is 2.07. The second kappa shape index (κ2) is 6.04. The van der Waals surface area contributed by atoms with Crippen LogP contribution in [0.2, 0.25) is 5.02 Å². The van der Waals surface area contributed by atoms with Crippen molar-refractivity contribution in [1.29, 1.82) is 0 Å². The fourth-order valence-corrected chi connectivity index (χ4v) is 3.42. The summed E-state index contributed by atoms with van der Waals surface area (Å²) in [6, 6.07) is 14.0. The Morgan fingerprint density at radius 3 is 2.75 bits per heavy atom. The van der Waals surface area contributed by atoms with E-state index in [0.717, 1.165) is 5.56 Å². The van der Waals surface area contributed by atoms with Crippen molar-refractivity contribution < 1.29 is 4.74 Å². The summed E-state index contributed by atoms with van der Waals surface area (Å²) in [6.07, 6.45) is 0. The molecule has 0 atom stereocenters. The Bertz CT molecular complexity index is 736. The van der Waals surface area contributed by atoms with Crippen molar-refractivity contribution in [2.24, 2.45) is 0 Å². The summed E-state index contributed by atoms with van der Waals surface area (Å²) >= 11 is 13.7. The fraction of sp³-hybridized carbons (Fsp3) is 0.125. The summed E-state index contributed by atoms with van der Waals surface area (Å²) in [5, 5.41) is 3.97. The zero-order valence-electron chi connectivity index (χ0n) is 10.6. The average molecular weight is 323 g/mol. The van der Waals surface area contributed by atoms with Gasteiger partial charge in [-0.15, -0.1) is 22.9 Å². The minimum absolute atomic E-state index is 0.454. The van der Waals surface area contributed by atoms with E-state index in [1.807, 2.05) is 30.3 Å². The van der Waals surface area contributed by atoms with Gasteiger partial charge in [0.2, 0.25) is 0 Å². The highest BCUT2D eigenvalue weighted by atomic mass is 35.5. The van der Waals surface area contributed by atoms with E-state index in [1.54, 1.807) is 11.3 Å². The number of halogens is 2. The molecule has 0 N–H and O–H groups in total. The number of ether oxygens (including phenoxy) is 1. The van der Waals surface area contributed by atoms with Gasteiger partial charge in [0.05, 0.1) is 5.02 Å². The first-order valence-electron chi connectivity index (χ1n) is 6.20. The number of alkyl halides is 1. The summed E-state index contributed by atoms with van der Waals surface area (Å²) in [4.78, 5) is 0. The van der Waals surface area contributed by atoms with E-state index in [9.17, 15) is 0 Å². The standard InChI is InChI=1S/C16H12Cl2OS/c17-8-11-5-6-15(14(18)7-11)19-9-12-10-20-16-4-2-1-3-13(12)16/h1-7,10H,8-9H2. The molecule has 0 saturated heterocycles. The van der Waals surface area contributed by atoms with E-state index in [4.69, 9.17) is 27.9 Å². The monoisotopic (exact) mass is 322 g/mol. The lowest BCUT2D eigenvalue weighted by molar-refractivity contribution is 0.308. The molecule has 4 heteroatoms. The normalized spacial score (nSPS) is 10.9. The molecule has 0 amide bonds. The maximum absolute atomic E-state index is 6.19. The summed E-state index contributed by atoms with van der Waals surface area (Å²) in [6.45, 7) is 0.518. The summed E-state index contributed by atoms with van der Waals surface area (Å²) in [7, 11) is 0. The van der Waals surface area contributed by atoms with E-state index in [-0.39, 0.29) is 0 Å². The number of thiophene rings is 1. The van der Waals surface area contributed by atoms with Crippen LogP contribution in [0.1, 0.15) is 11.1 Å². The molecule has 0 bridgehead atoms. The Hall–Kier alpha value is -1.22. The number of rotatable bonds is 4. The molecule has 0 spiro atoms. The van der Waals surface area contributed by atoms with Gasteiger partial charge in [-0.25, -0.2) is 0 Å². The van der Waals surface area contributed by atoms with Crippen LogP contribution in [0.5, 0.6) is 5.75 Å². The third-order valence-electron chi connectivity index (χ3n) is 3.09. The minimum atomic E-state index is 0.454. The molecule has 102 valence electrons. The van der Waals surface area contributed by atoms with Crippen LogP contribution < -0.4 is 4.74 Å². The van der Waals surface area contributed by atoms with Crippen molar-refractivity contribution in [3.05, 3.63) is 64.0 Å². The second-order valence-electron chi connectivity index (χ2n) is 4.44. The van der Waals surface area contributed by atoms with E-state index < -0.39 is 0 Å². The predicted molar refractivity (Wildman–Crippen MR) is 87.2 cm³/mol. The Balaban J connectivity index is 1.79. The molecule has 20 heavy (non-hydrogen) atoms. The largest absolute Gasteiger partial charge is 0.487 e. The molecule has 2 aromatic carbocycles. The molecule has 3 rings (SSSR count). The molecule has 3 aromatic rings. The molecule has 0 saturated carbocycles. The van der Waals surface area contributed by atoms with Gasteiger partial charge in [0.1, 0.15) is 12.4 Å². The van der Waals surface area contributed by atoms with E-state index in [0.29, 0.717) is 23.3 Å². The summed E-state index contributed by atoms with van der Waals surface area (Å²) < 4.78 is 7.09. The molecule has 0 aliphatic carbocycles. The number of fused-ring (bicyclic) bond motifs is 1. The lowest BCUT2D eigenvalue weighted by atomic mass is 10.2. The smallest absolute Gasteiger partial charge is 0.138 e. The predicted octanol–water partition coefficient (Wildman–Crippen LogP) is 5.87. The Morgan fingerprint density at radius 2 is 1.95 bits per heavy atom. The fourth-order valence-electron chi connectivity index (χ4n) is 2.04. The van der Waals surface area contributed by atoms with Gasteiger partial charge in [0.15, 0.2) is 0 Å². The van der Waals surface area contributed by atoms with Crippen molar-refractivity contribution in [3.63, 3.8) is 0 Å². The molecule has 1 aromatic heterocycles. The molecule has 0 radical (unpaired) electrons.